The van der Waals surface area contributed by atoms with Gasteiger partial charge in [0.05, 0.1) is 18.0 Å². The molecule has 1 atom stereocenters. The van der Waals surface area contributed by atoms with E-state index in [9.17, 15) is 4.79 Å². The van der Waals surface area contributed by atoms with E-state index >= 15 is 0 Å². The Kier molecular flexibility index (Phi) is 7.71. The topological polar surface area (TPSA) is 57.0 Å². The first kappa shape index (κ1) is 24.7. The third-order valence-corrected chi connectivity index (χ3v) is 7.12. The molecule has 0 N–H and O–H groups in total. The molecule has 4 aromatic rings. The molecule has 3 aromatic carbocycles. The van der Waals surface area contributed by atoms with E-state index in [4.69, 9.17) is 4.74 Å². The van der Waals surface area contributed by atoms with Crippen molar-refractivity contribution >= 4 is 17.5 Å². The normalized spacial score (nSPS) is 12.1. The van der Waals surface area contributed by atoms with Gasteiger partial charge in [0.1, 0.15) is 5.75 Å². The number of rotatable bonds is 9. The van der Waals surface area contributed by atoms with Crippen LogP contribution in [0.3, 0.4) is 0 Å². The summed E-state index contributed by atoms with van der Waals surface area (Å²) < 4.78 is 7.40. The fourth-order valence-electron chi connectivity index (χ4n) is 4.02. The standard InChI is InChI=1S/C29H31N3O2S/c1-6-21-11-13-22(14-12-21)27(33)20(4)35-29-31-30-28(23-15-17-24(34-5)18-16-23)32(29)26-10-8-7-9-25(26)19(2)3/h7-20H,6H2,1-5H3. The summed E-state index contributed by atoms with van der Waals surface area (Å²) in [5, 5.41) is 9.49. The molecule has 1 heterocycles. The van der Waals surface area contributed by atoms with Crippen molar-refractivity contribution < 1.29 is 9.53 Å². The number of para-hydroxylation sites is 1. The first-order chi connectivity index (χ1) is 16.9. The van der Waals surface area contributed by atoms with E-state index in [0.717, 1.165) is 29.2 Å². The molecule has 1 unspecified atom stereocenters. The molecule has 0 saturated heterocycles. The second-order valence-corrected chi connectivity index (χ2v) is 10.1. The molecule has 0 fully saturated rings. The third-order valence-electron chi connectivity index (χ3n) is 6.08. The van der Waals surface area contributed by atoms with Gasteiger partial charge in [0.2, 0.25) is 0 Å². The number of hydrogen-bond acceptors (Lipinski definition) is 5. The number of thioether (sulfide) groups is 1. The zero-order chi connectivity index (χ0) is 24.9. The molecule has 4 rings (SSSR count). The lowest BCUT2D eigenvalue weighted by Gasteiger charge is -2.18. The number of hydrogen-bond donors (Lipinski definition) is 0. The fourth-order valence-corrected chi connectivity index (χ4v) is 4.96. The lowest BCUT2D eigenvalue weighted by atomic mass is 10.0. The Bertz CT molecular complexity index is 1290. The van der Waals surface area contributed by atoms with E-state index in [1.54, 1.807) is 7.11 Å². The van der Waals surface area contributed by atoms with Gasteiger partial charge < -0.3 is 4.74 Å². The van der Waals surface area contributed by atoms with Gasteiger partial charge in [-0.1, -0.05) is 75.0 Å². The van der Waals surface area contributed by atoms with E-state index < -0.39 is 0 Å². The highest BCUT2D eigenvalue weighted by Crippen LogP contribution is 2.34. The fraction of sp³-hybridized carbons (Fsp3) is 0.276. The first-order valence-electron chi connectivity index (χ1n) is 11.9. The van der Waals surface area contributed by atoms with Gasteiger partial charge in [0.25, 0.3) is 0 Å². The lowest BCUT2D eigenvalue weighted by molar-refractivity contribution is 0.0994. The van der Waals surface area contributed by atoms with Crippen LogP contribution < -0.4 is 4.74 Å². The molecular formula is C29H31N3O2S. The van der Waals surface area contributed by atoms with E-state index in [1.165, 1.54) is 22.9 Å². The third kappa shape index (κ3) is 5.33. The summed E-state index contributed by atoms with van der Waals surface area (Å²) >= 11 is 1.44. The molecule has 0 aliphatic heterocycles. The Labute approximate surface area is 211 Å². The van der Waals surface area contributed by atoms with Gasteiger partial charge in [-0.3, -0.25) is 9.36 Å². The summed E-state index contributed by atoms with van der Waals surface area (Å²) in [4.78, 5) is 13.2. The smallest absolute Gasteiger partial charge is 0.196 e. The van der Waals surface area contributed by atoms with Crippen LogP contribution in [-0.2, 0) is 6.42 Å². The summed E-state index contributed by atoms with van der Waals surface area (Å²) in [6.07, 6.45) is 0.950. The molecule has 1 aromatic heterocycles. The summed E-state index contributed by atoms with van der Waals surface area (Å²) in [7, 11) is 1.65. The molecule has 180 valence electrons. The van der Waals surface area contributed by atoms with Crippen LogP contribution in [0.1, 0.15) is 55.1 Å². The molecule has 0 amide bonds. The van der Waals surface area contributed by atoms with Gasteiger partial charge in [-0.25, -0.2) is 0 Å². The van der Waals surface area contributed by atoms with Crippen LogP contribution in [0, 0.1) is 0 Å². The van der Waals surface area contributed by atoms with E-state index in [0.29, 0.717) is 16.6 Å². The molecular weight excluding hydrogens is 454 g/mol. The Balaban J connectivity index is 1.75. The van der Waals surface area contributed by atoms with Gasteiger partial charge in [-0.2, -0.15) is 0 Å². The molecule has 0 aliphatic carbocycles. The Hall–Kier alpha value is -3.38. The number of ketones is 1. The first-order valence-corrected chi connectivity index (χ1v) is 12.8. The predicted octanol–water partition coefficient (Wildman–Crippen LogP) is 6.99. The largest absolute Gasteiger partial charge is 0.497 e. The van der Waals surface area contributed by atoms with Crippen LogP contribution in [0.4, 0.5) is 0 Å². The quantitative estimate of drug-likeness (QED) is 0.189. The summed E-state index contributed by atoms with van der Waals surface area (Å²) in [5.74, 6) is 1.90. The van der Waals surface area contributed by atoms with Crippen molar-refractivity contribution in [3.63, 3.8) is 0 Å². The van der Waals surface area contributed by atoms with Crippen molar-refractivity contribution in [2.75, 3.05) is 7.11 Å². The second-order valence-electron chi connectivity index (χ2n) is 8.76. The van der Waals surface area contributed by atoms with Crippen molar-refractivity contribution in [3.05, 3.63) is 89.5 Å². The van der Waals surface area contributed by atoms with E-state index in [-0.39, 0.29) is 11.0 Å². The van der Waals surface area contributed by atoms with Crippen molar-refractivity contribution in [2.45, 2.75) is 50.4 Å². The van der Waals surface area contributed by atoms with Crippen molar-refractivity contribution in [1.29, 1.82) is 0 Å². The van der Waals surface area contributed by atoms with Gasteiger partial charge in [-0.05, 0) is 60.7 Å². The molecule has 0 saturated carbocycles. The molecule has 5 nitrogen and oxygen atoms in total. The molecule has 0 radical (unpaired) electrons. The molecule has 0 aliphatic rings. The molecule has 0 bridgehead atoms. The molecule has 0 spiro atoms. The van der Waals surface area contributed by atoms with Crippen LogP contribution >= 0.6 is 11.8 Å². The maximum absolute atomic E-state index is 13.2. The van der Waals surface area contributed by atoms with Crippen LogP contribution in [0.5, 0.6) is 5.75 Å². The molecule has 6 heteroatoms. The van der Waals surface area contributed by atoms with Crippen molar-refractivity contribution in [1.82, 2.24) is 14.8 Å². The number of ether oxygens (including phenoxy) is 1. The van der Waals surface area contributed by atoms with Gasteiger partial charge in [-0.15, -0.1) is 10.2 Å². The minimum atomic E-state index is -0.319. The number of aryl methyl sites for hydroxylation is 1. The monoisotopic (exact) mass is 485 g/mol. The predicted molar refractivity (Wildman–Crippen MR) is 143 cm³/mol. The Morgan fingerprint density at radius 2 is 1.63 bits per heavy atom. The number of aromatic nitrogens is 3. The summed E-state index contributed by atoms with van der Waals surface area (Å²) in [5.41, 5.74) is 5.07. The summed E-state index contributed by atoms with van der Waals surface area (Å²) in [6.45, 7) is 8.39. The highest BCUT2D eigenvalue weighted by molar-refractivity contribution is 8.00. The maximum atomic E-state index is 13.2. The SMILES string of the molecule is CCc1ccc(C(=O)C(C)Sc2nnc(-c3ccc(OC)cc3)n2-c2ccccc2C(C)C)cc1. The highest BCUT2D eigenvalue weighted by atomic mass is 32.2. The van der Waals surface area contributed by atoms with Crippen LogP contribution in [0.25, 0.3) is 17.1 Å². The Morgan fingerprint density at radius 1 is 0.943 bits per heavy atom. The van der Waals surface area contributed by atoms with Crippen LogP contribution in [0.2, 0.25) is 0 Å². The summed E-state index contributed by atoms with van der Waals surface area (Å²) in [6, 6.07) is 24.0. The van der Waals surface area contributed by atoms with Gasteiger partial charge in [0.15, 0.2) is 16.8 Å². The van der Waals surface area contributed by atoms with E-state index in [1.807, 2.05) is 61.5 Å². The van der Waals surface area contributed by atoms with Gasteiger partial charge in [0, 0.05) is 11.1 Å². The number of Topliss-reactive ketones (excluding diaryl/α,β-unsaturated/α-hetero) is 1. The van der Waals surface area contributed by atoms with E-state index in [2.05, 4.69) is 53.7 Å². The number of carbonyl (C=O) groups is 1. The number of benzene rings is 3. The average Bonchev–Trinajstić information content (AvgIpc) is 3.31. The minimum Gasteiger partial charge on any atom is -0.497 e. The average molecular weight is 486 g/mol. The zero-order valence-electron chi connectivity index (χ0n) is 20.9. The number of methoxy groups -OCH3 is 1. The highest BCUT2D eigenvalue weighted by Gasteiger charge is 2.24. The zero-order valence-corrected chi connectivity index (χ0v) is 21.7. The molecule has 35 heavy (non-hydrogen) atoms. The van der Waals surface area contributed by atoms with Gasteiger partial charge >= 0.3 is 0 Å². The maximum Gasteiger partial charge on any atom is 0.196 e. The van der Waals surface area contributed by atoms with Crippen LogP contribution in [-0.4, -0.2) is 32.9 Å². The van der Waals surface area contributed by atoms with Crippen molar-refractivity contribution in [3.8, 4) is 22.8 Å². The van der Waals surface area contributed by atoms with Crippen molar-refractivity contribution in [2.24, 2.45) is 0 Å². The number of nitrogens with zero attached hydrogens (tertiary/aromatic N) is 3. The number of carbonyl (C=O) groups excluding carboxylic acids is 1. The Morgan fingerprint density at radius 3 is 2.26 bits per heavy atom. The second kappa shape index (κ2) is 10.9. The van der Waals surface area contributed by atoms with Crippen LogP contribution in [0.15, 0.2) is 78.0 Å². The minimum absolute atomic E-state index is 0.0790. The lowest BCUT2D eigenvalue weighted by Crippen LogP contribution is -2.15.